The molecule has 2 rings (SSSR count). The third-order valence-electron chi connectivity index (χ3n) is 2.80. The van der Waals surface area contributed by atoms with Crippen molar-refractivity contribution < 1.29 is 0 Å². The highest BCUT2D eigenvalue weighted by Gasteiger charge is 2.35. The first-order valence-corrected chi connectivity index (χ1v) is 6.18. The molecule has 0 N–H and O–H groups in total. The molecule has 2 atom stereocenters. The van der Waals surface area contributed by atoms with Crippen LogP contribution < -0.4 is 0 Å². The highest BCUT2D eigenvalue weighted by atomic mass is 79.9. The molecule has 0 aliphatic heterocycles. The van der Waals surface area contributed by atoms with E-state index in [0.29, 0.717) is 5.41 Å². The van der Waals surface area contributed by atoms with Crippen molar-refractivity contribution in [3.05, 3.63) is 22.4 Å². The molecule has 0 saturated heterocycles. The SMILES string of the molecule is CC1(c2cccs2)CCC(Br)C1. The van der Waals surface area contributed by atoms with Gasteiger partial charge in [0.1, 0.15) is 0 Å². The zero-order valence-electron chi connectivity index (χ0n) is 7.22. The standard InChI is InChI=1S/C10H13BrS/c1-10(5-4-8(11)7-10)9-3-2-6-12-9/h2-3,6,8H,4-5,7H2,1H3. The minimum absolute atomic E-state index is 0.461. The van der Waals surface area contributed by atoms with Crippen molar-refractivity contribution in [2.45, 2.75) is 36.4 Å². The van der Waals surface area contributed by atoms with E-state index in [1.165, 1.54) is 19.3 Å². The smallest absolute Gasteiger partial charge is 0.0154 e. The largest absolute Gasteiger partial charge is 0.148 e. The normalized spacial score (nSPS) is 35.7. The van der Waals surface area contributed by atoms with Crippen LogP contribution in [0.15, 0.2) is 17.5 Å². The lowest BCUT2D eigenvalue weighted by molar-refractivity contribution is 0.504. The molecule has 1 fully saturated rings. The Kier molecular flexibility index (Phi) is 2.30. The van der Waals surface area contributed by atoms with Gasteiger partial charge in [-0.3, -0.25) is 0 Å². The van der Waals surface area contributed by atoms with Crippen molar-refractivity contribution in [3.63, 3.8) is 0 Å². The number of rotatable bonds is 1. The van der Waals surface area contributed by atoms with Gasteiger partial charge in [-0.25, -0.2) is 0 Å². The average molecular weight is 245 g/mol. The van der Waals surface area contributed by atoms with Crippen molar-refractivity contribution in [2.75, 3.05) is 0 Å². The lowest BCUT2D eigenvalue weighted by Crippen LogP contribution is -2.15. The number of thiophene rings is 1. The van der Waals surface area contributed by atoms with E-state index in [-0.39, 0.29) is 0 Å². The molecule has 1 saturated carbocycles. The van der Waals surface area contributed by atoms with Crippen molar-refractivity contribution >= 4 is 27.3 Å². The second-order valence-corrected chi connectivity index (χ2v) is 6.12. The summed E-state index contributed by atoms with van der Waals surface area (Å²) in [6.45, 7) is 2.39. The van der Waals surface area contributed by atoms with E-state index < -0.39 is 0 Å². The Morgan fingerprint density at radius 3 is 3.00 bits per heavy atom. The first-order valence-electron chi connectivity index (χ1n) is 4.39. The van der Waals surface area contributed by atoms with Gasteiger partial charge >= 0.3 is 0 Å². The molecule has 0 bridgehead atoms. The average Bonchev–Trinajstić information content (AvgIpc) is 2.59. The molecule has 1 aromatic rings. The highest BCUT2D eigenvalue weighted by Crippen LogP contribution is 2.44. The van der Waals surface area contributed by atoms with Crippen LogP contribution in [0.3, 0.4) is 0 Å². The second-order valence-electron chi connectivity index (χ2n) is 3.88. The van der Waals surface area contributed by atoms with Crippen LogP contribution in [0.5, 0.6) is 0 Å². The van der Waals surface area contributed by atoms with Gasteiger partial charge < -0.3 is 0 Å². The van der Waals surface area contributed by atoms with E-state index in [2.05, 4.69) is 40.4 Å². The summed E-state index contributed by atoms with van der Waals surface area (Å²) in [5, 5.41) is 2.18. The van der Waals surface area contributed by atoms with Crippen LogP contribution >= 0.6 is 27.3 Å². The zero-order valence-corrected chi connectivity index (χ0v) is 9.62. The van der Waals surface area contributed by atoms with E-state index >= 15 is 0 Å². The van der Waals surface area contributed by atoms with Crippen molar-refractivity contribution in [2.24, 2.45) is 0 Å². The van der Waals surface area contributed by atoms with Crippen LogP contribution in [-0.4, -0.2) is 4.83 Å². The maximum atomic E-state index is 3.70. The Morgan fingerprint density at radius 1 is 1.67 bits per heavy atom. The van der Waals surface area contributed by atoms with Crippen LogP contribution in [0.4, 0.5) is 0 Å². The van der Waals surface area contributed by atoms with Gasteiger partial charge in [0.2, 0.25) is 0 Å². The molecule has 12 heavy (non-hydrogen) atoms. The first kappa shape index (κ1) is 8.76. The van der Waals surface area contributed by atoms with Crippen LogP contribution in [0.2, 0.25) is 0 Å². The fourth-order valence-electron chi connectivity index (χ4n) is 2.01. The second kappa shape index (κ2) is 3.15. The van der Waals surface area contributed by atoms with Crippen molar-refractivity contribution in [1.29, 1.82) is 0 Å². The molecular weight excluding hydrogens is 232 g/mol. The predicted octanol–water partition coefficient (Wildman–Crippen LogP) is 3.95. The Hall–Kier alpha value is 0.180. The summed E-state index contributed by atoms with van der Waals surface area (Å²) in [4.78, 5) is 2.30. The summed E-state index contributed by atoms with van der Waals surface area (Å²) < 4.78 is 0. The maximum absolute atomic E-state index is 3.70. The summed E-state index contributed by atoms with van der Waals surface area (Å²) in [6, 6.07) is 4.43. The minimum Gasteiger partial charge on any atom is -0.148 e. The summed E-state index contributed by atoms with van der Waals surface area (Å²) >= 11 is 5.60. The van der Waals surface area contributed by atoms with Crippen LogP contribution in [0.25, 0.3) is 0 Å². The molecule has 0 spiro atoms. The molecule has 1 aliphatic rings. The molecule has 0 amide bonds. The predicted molar refractivity (Wildman–Crippen MR) is 58.2 cm³/mol. The van der Waals surface area contributed by atoms with Gasteiger partial charge in [-0.05, 0) is 30.7 Å². The molecule has 1 aromatic heterocycles. The molecule has 0 radical (unpaired) electrons. The lowest BCUT2D eigenvalue weighted by atomic mass is 9.87. The molecule has 2 unspecified atom stereocenters. The van der Waals surface area contributed by atoms with Crippen LogP contribution in [0.1, 0.15) is 31.1 Å². The van der Waals surface area contributed by atoms with Gasteiger partial charge in [0, 0.05) is 15.1 Å². The van der Waals surface area contributed by atoms with Gasteiger partial charge in [0.25, 0.3) is 0 Å². The van der Waals surface area contributed by atoms with E-state index in [9.17, 15) is 0 Å². The lowest BCUT2D eigenvalue weighted by Gasteiger charge is -2.21. The Balaban J connectivity index is 2.23. The fraction of sp³-hybridized carbons (Fsp3) is 0.600. The number of halogens is 1. The molecule has 2 heteroatoms. The Morgan fingerprint density at radius 2 is 2.50 bits per heavy atom. The summed E-state index contributed by atoms with van der Waals surface area (Å²) in [5.41, 5.74) is 0.461. The molecular formula is C10H13BrS. The van der Waals surface area contributed by atoms with Crippen molar-refractivity contribution in [3.8, 4) is 0 Å². The number of alkyl halides is 1. The summed E-state index contributed by atoms with van der Waals surface area (Å²) in [6.07, 6.45) is 3.96. The molecule has 0 nitrogen and oxygen atoms in total. The van der Waals surface area contributed by atoms with Gasteiger partial charge in [-0.2, -0.15) is 0 Å². The maximum Gasteiger partial charge on any atom is 0.0154 e. The molecule has 66 valence electrons. The highest BCUT2D eigenvalue weighted by molar-refractivity contribution is 9.09. The number of hydrogen-bond acceptors (Lipinski definition) is 1. The van der Waals surface area contributed by atoms with Gasteiger partial charge in [-0.15, -0.1) is 11.3 Å². The third-order valence-corrected chi connectivity index (χ3v) is 4.76. The third kappa shape index (κ3) is 1.47. The molecule has 1 aliphatic carbocycles. The number of hydrogen-bond donors (Lipinski definition) is 0. The summed E-state index contributed by atoms with van der Waals surface area (Å²) in [7, 11) is 0. The monoisotopic (exact) mass is 244 g/mol. The fourth-order valence-corrected chi connectivity index (χ4v) is 3.89. The first-order chi connectivity index (χ1) is 5.71. The Bertz CT molecular complexity index is 255. The van der Waals surface area contributed by atoms with Gasteiger partial charge in [-0.1, -0.05) is 28.9 Å². The van der Waals surface area contributed by atoms with Gasteiger partial charge in [0.15, 0.2) is 0 Å². The van der Waals surface area contributed by atoms with E-state index in [4.69, 9.17) is 0 Å². The Labute approximate surface area is 86.1 Å². The van der Waals surface area contributed by atoms with E-state index in [0.717, 1.165) is 4.83 Å². The zero-order chi connectivity index (χ0) is 8.60. The molecule has 0 aromatic carbocycles. The van der Waals surface area contributed by atoms with Crippen LogP contribution in [0, 0.1) is 0 Å². The van der Waals surface area contributed by atoms with Crippen molar-refractivity contribution in [1.82, 2.24) is 0 Å². The quantitative estimate of drug-likeness (QED) is 0.657. The molecule has 1 heterocycles. The van der Waals surface area contributed by atoms with Gasteiger partial charge in [0.05, 0.1) is 0 Å². The minimum atomic E-state index is 0.461. The summed E-state index contributed by atoms with van der Waals surface area (Å²) in [5.74, 6) is 0. The van der Waals surface area contributed by atoms with E-state index in [1.54, 1.807) is 4.88 Å². The topological polar surface area (TPSA) is 0 Å². The van der Waals surface area contributed by atoms with Crippen LogP contribution in [-0.2, 0) is 5.41 Å². The van der Waals surface area contributed by atoms with E-state index in [1.807, 2.05) is 11.3 Å².